The summed E-state index contributed by atoms with van der Waals surface area (Å²) < 4.78 is 20.9. The molecule has 0 bridgehead atoms. The number of carboxylic acid groups (broad SMARTS) is 1. The number of rotatable bonds is 15. The van der Waals surface area contributed by atoms with Gasteiger partial charge in [-0.05, 0) is 62.4 Å². The summed E-state index contributed by atoms with van der Waals surface area (Å²) in [7, 11) is 1.68. The maximum absolute atomic E-state index is 13.3. The monoisotopic (exact) mass is 606 g/mol. The van der Waals surface area contributed by atoms with E-state index >= 15 is 0 Å². The Labute approximate surface area is 255 Å². The van der Waals surface area contributed by atoms with Gasteiger partial charge >= 0.3 is 5.97 Å². The van der Waals surface area contributed by atoms with E-state index < -0.39 is 11.4 Å². The normalized spacial score (nSPS) is 11.0. The Hall–Kier alpha value is -4.86. The van der Waals surface area contributed by atoms with Gasteiger partial charge in [0.2, 0.25) is 11.3 Å². The van der Waals surface area contributed by atoms with Crippen LogP contribution in [0.5, 0.6) is 17.2 Å². The van der Waals surface area contributed by atoms with Gasteiger partial charge in [-0.1, -0.05) is 48.8 Å². The topological polar surface area (TPSA) is 138 Å². The summed E-state index contributed by atoms with van der Waals surface area (Å²) in [5.74, 6) is -2.11. The number of unbranched alkanes of at least 4 members (excludes halogenated alkanes) is 3. The second-order valence-corrected chi connectivity index (χ2v) is 10.8. The number of ether oxygens (including phenoxy) is 1. The second kappa shape index (κ2) is 16.1. The van der Waals surface area contributed by atoms with Gasteiger partial charge < -0.3 is 29.9 Å². The van der Waals surface area contributed by atoms with Gasteiger partial charge in [0.05, 0.1) is 13.2 Å². The van der Waals surface area contributed by atoms with Crippen molar-refractivity contribution in [2.45, 2.75) is 58.9 Å². The maximum Gasteiger partial charge on any atom is 0.340 e. The number of aromatic carboxylic acids is 1. The zero-order valence-corrected chi connectivity index (χ0v) is 25.2. The zero-order valence-electron chi connectivity index (χ0n) is 25.2. The maximum atomic E-state index is 13.3. The number of amides is 1. The van der Waals surface area contributed by atoms with Crippen molar-refractivity contribution in [2.75, 3.05) is 6.61 Å². The van der Waals surface area contributed by atoms with Crippen molar-refractivity contribution >= 4 is 24.0 Å². The number of hydrogen-bond donors (Lipinski definition) is 4. The summed E-state index contributed by atoms with van der Waals surface area (Å²) in [6.07, 6.45) is 9.93. The first-order valence-corrected chi connectivity index (χ1v) is 14.4. The molecule has 2 aromatic carbocycles. The van der Waals surface area contributed by atoms with E-state index in [4.69, 9.17) is 4.74 Å². The predicted octanol–water partition coefficient (Wildman–Crippen LogP) is 5.96. The number of nitrogens with zero attached hydrogens (tertiary/aromatic N) is 1. The molecule has 1 amide bonds. The molecule has 0 aliphatic carbocycles. The minimum atomic E-state index is -1.28. The molecule has 3 rings (SSSR count). The van der Waals surface area contributed by atoms with Gasteiger partial charge in [-0.15, -0.1) is 0 Å². The van der Waals surface area contributed by atoms with Crippen molar-refractivity contribution in [1.82, 2.24) is 9.88 Å². The van der Waals surface area contributed by atoms with Gasteiger partial charge in [0.15, 0.2) is 5.75 Å². The summed E-state index contributed by atoms with van der Waals surface area (Å²) in [6.45, 7) is 4.33. The molecule has 9 nitrogen and oxygen atoms in total. The average Bonchev–Trinajstić information content (AvgIpc) is 2.96. The fourth-order valence-electron chi connectivity index (χ4n) is 4.49. The lowest BCUT2D eigenvalue weighted by Crippen LogP contribution is -2.25. The van der Waals surface area contributed by atoms with Crippen LogP contribution in [0.15, 0.2) is 59.0 Å². The molecule has 10 heteroatoms. The van der Waals surface area contributed by atoms with Crippen LogP contribution in [0.25, 0.3) is 12.2 Å². The zero-order chi connectivity index (χ0) is 32.2. The third-order valence-corrected chi connectivity index (χ3v) is 6.99. The first-order valence-electron chi connectivity index (χ1n) is 14.4. The molecular weight excluding hydrogens is 567 g/mol. The largest absolute Gasteiger partial charge is 0.507 e. The van der Waals surface area contributed by atoms with E-state index in [1.54, 1.807) is 42.0 Å². The van der Waals surface area contributed by atoms with Crippen molar-refractivity contribution in [1.29, 1.82) is 0 Å². The van der Waals surface area contributed by atoms with Crippen molar-refractivity contribution in [2.24, 2.45) is 7.05 Å². The van der Waals surface area contributed by atoms with Crippen LogP contribution in [0.1, 0.15) is 78.7 Å². The third-order valence-electron chi connectivity index (χ3n) is 6.99. The molecule has 0 saturated heterocycles. The van der Waals surface area contributed by atoms with E-state index in [0.717, 1.165) is 18.4 Å². The number of carboxylic acids is 1. The van der Waals surface area contributed by atoms with Crippen molar-refractivity contribution in [3.05, 3.63) is 98.2 Å². The van der Waals surface area contributed by atoms with E-state index in [1.165, 1.54) is 24.4 Å². The Balaban J connectivity index is 1.59. The molecule has 4 N–H and O–H groups in total. The van der Waals surface area contributed by atoms with E-state index in [1.807, 2.05) is 19.9 Å². The Kier molecular flexibility index (Phi) is 12.3. The minimum absolute atomic E-state index is 0.138. The first kappa shape index (κ1) is 33.6. The molecule has 0 radical (unpaired) electrons. The van der Waals surface area contributed by atoms with Crippen LogP contribution in [-0.2, 0) is 24.8 Å². The number of phenols is 1. The van der Waals surface area contributed by atoms with Crippen LogP contribution in [0, 0.1) is 5.82 Å². The number of halogens is 1. The fraction of sp³-hybridized carbons (Fsp3) is 0.324. The minimum Gasteiger partial charge on any atom is -0.507 e. The molecule has 0 spiro atoms. The number of aromatic hydroxyl groups is 2. The molecule has 3 aromatic rings. The van der Waals surface area contributed by atoms with E-state index in [-0.39, 0.29) is 40.9 Å². The number of aromatic nitrogens is 1. The smallest absolute Gasteiger partial charge is 0.340 e. The van der Waals surface area contributed by atoms with E-state index in [9.17, 15) is 34.1 Å². The molecule has 234 valence electrons. The highest BCUT2D eigenvalue weighted by Crippen LogP contribution is 2.36. The standard InChI is InChI=1S/C34H39FN2O7/c1-22(2)9-16-27-30(18-24(32(33(27)41)34(42)43)13-10-23-11-14-25(35)15-12-23)44-17-7-5-4-6-8-31(40)36-20-26-19-28(38)29(39)21-37(26)3/h9-15,18-19,21,39,41H,4-8,16-17,20H2,1-3H3,(H,36,40)(H,42,43)/b13-10+. The van der Waals surface area contributed by atoms with Crippen LogP contribution >= 0.6 is 0 Å². The fourth-order valence-corrected chi connectivity index (χ4v) is 4.49. The van der Waals surface area contributed by atoms with Crippen LogP contribution in [-0.4, -0.2) is 38.4 Å². The molecular formula is C34H39FN2O7. The number of benzene rings is 2. The van der Waals surface area contributed by atoms with E-state index in [2.05, 4.69) is 5.32 Å². The molecule has 44 heavy (non-hydrogen) atoms. The Bertz CT molecular complexity index is 1590. The number of nitrogens with one attached hydrogen (secondary N) is 1. The van der Waals surface area contributed by atoms with Crippen LogP contribution < -0.4 is 15.5 Å². The highest BCUT2D eigenvalue weighted by Gasteiger charge is 2.22. The van der Waals surface area contributed by atoms with Gasteiger partial charge in [-0.25, -0.2) is 9.18 Å². The molecule has 0 saturated carbocycles. The Morgan fingerprint density at radius 3 is 2.41 bits per heavy atom. The first-order chi connectivity index (χ1) is 21.0. The number of hydrogen-bond acceptors (Lipinski definition) is 6. The molecule has 0 aliphatic heterocycles. The van der Waals surface area contributed by atoms with Crippen molar-refractivity contribution in [3.63, 3.8) is 0 Å². The van der Waals surface area contributed by atoms with Gasteiger partial charge in [-0.3, -0.25) is 9.59 Å². The molecule has 1 heterocycles. The summed E-state index contributed by atoms with van der Waals surface area (Å²) in [5, 5.41) is 33.2. The molecule has 0 aliphatic rings. The highest BCUT2D eigenvalue weighted by molar-refractivity contribution is 5.97. The lowest BCUT2D eigenvalue weighted by atomic mass is 9.97. The quantitative estimate of drug-likeness (QED) is 0.0952. The highest BCUT2D eigenvalue weighted by atomic mass is 19.1. The third kappa shape index (κ3) is 9.86. The van der Waals surface area contributed by atoms with Crippen LogP contribution in [0.2, 0.25) is 0 Å². The van der Waals surface area contributed by atoms with Gasteiger partial charge in [-0.2, -0.15) is 0 Å². The van der Waals surface area contributed by atoms with Crippen molar-refractivity contribution in [3.8, 4) is 17.2 Å². The number of pyridine rings is 1. The van der Waals surface area contributed by atoms with Crippen LogP contribution in [0.3, 0.4) is 0 Å². The SMILES string of the molecule is CC(C)=CCc1c(OCCCCCCC(=O)NCc2cc(=O)c(O)cn2C)cc(/C=C/c2ccc(F)cc2)c(C(=O)O)c1O. The number of carbonyl (C=O) groups excluding carboxylic acids is 1. The summed E-state index contributed by atoms with van der Waals surface area (Å²) in [4.78, 5) is 36.0. The second-order valence-electron chi connectivity index (χ2n) is 10.8. The Morgan fingerprint density at radius 2 is 1.73 bits per heavy atom. The lowest BCUT2D eigenvalue weighted by molar-refractivity contribution is -0.121. The summed E-state index contributed by atoms with van der Waals surface area (Å²) >= 11 is 0. The molecule has 0 unspecified atom stereocenters. The summed E-state index contributed by atoms with van der Waals surface area (Å²) in [6, 6.07) is 8.64. The number of allylic oxidation sites excluding steroid dienone is 2. The predicted molar refractivity (Wildman–Crippen MR) is 167 cm³/mol. The molecule has 0 fully saturated rings. The van der Waals surface area contributed by atoms with E-state index in [0.29, 0.717) is 54.9 Å². The van der Waals surface area contributed by atoms with Crippen LogP contribution in [0.4, 0.5) is 4.39 Å². The average molecular weight is 607 g/mol. The molecule has 1 aromatic heterocycles. The van der Waals surface area contributed by atoms with Gasteiger partial charge in [0.1, 0.15) is 22.9 Å². The Morgan fingerprint density at radius 1 is 1.02 bits per heavy atom. The lowest BCUT2D eigenvalue weighted by Gasteiger charge is -2.16. The van der Waals surface area contributed by atoms with Gasteiger partial charge in [0, 0.05) is 37.0 Å². The molecule has 0 atom stereocenters. The summed E-state index contributed by atoms with van der Waals surface area (Å²) in [5.41, 5.74) is 2.16. The number of carbonyl (C=O) groups is 2. The van der Waals surface area contributed by atoms with Crippen molar-refractivity contribution < 1.29 is 34.0 Å². The van der Waals surface area contributed by atoms with Gasteiger partial charge in [0.25, 0.3) is 0 Å². The number of aryl methyl sites for hydroxylation is 1.